The molecule has 0 saturated heterocycles. The molecule has 0 aliphatic rings. The molecule has 3 nitrogen and oxygen atoms in total. The summed E-state index contributed by atoms with van der Waals surface area (Å²) >= 11 is 0. The van der Waals surface area contributed by atoms with Gasteiger partial charge in [0.05, 0.1) is 12.2 Å². The van der Waals surface area contributed by atoms with E-state index < -0.39 is 18.6 Å². The van der Waals surface area contributed by atoms with Crippen LogP contribution in [0.4, 0.5) is 13.2 Å². The van der Waals surface area contributed by atoms with Crippen LogP contribution in [0.1, 0.15) is 28.8 Å². The van der Waals surface area contributed by atoms with E-state index >= 15 is 0 Å². The van der Waals surface area contributed by atoms with Crippen molar-refractivity contribution in [1.82, 2.24) is 0 Å². The quantitative estimate of drug-likeness (QED) is 0.827. The lowest BCUT2D eigenvalue weighted by Gasteiger charge is -2.11. The highest BCUT2D eigenvalue weighted by Crippen LogP contribution is 2.24. The number of carbonyl (C=O) groups is 1. The molecule has 1 aromatic carbocycles. The Morgan fingerprint density at radius 1 is 1.39 bits per heavy atom. The van der Waals surface area contributed by atoms with Crippen LogP contribution < -0.4 is 4.74 Å². The third-order valence-corrected chi connectivity index (χ3v) is 2.38. The first kappa shape index (κ1) is 14.3. The molecule has 0 aromatic heterocycles. The first-order chi connectivity index (χ1) is 8.31. The first-order valence-electron chi connectivity index (χ1n) is 5.34. The Bertz CT molecular complexity index is 427. The molecule has 1 rings (SSSR count). The van der Waals surface area contributed by atoms with E-state index in [1.54, 1.807) is 6.92 Å². The summed E-state index contributed by atoms with van der Waals surface area (Å²) in [5.74, 6) is -0.787. The number of carboxylic acids is 1. The standard InChI is InChI=1S/C12H13F3O3/c1-8-9(11(16)17)4-2-5-10(8)18-7-3-6-12(13,14)15/h2,4-5H,3,6-7H2,1H3,(H,16,17). The molecule has 0 fully saturated rings. The fraction of sp³-hybridized carbons (Fsp3) is 0.417. The van der Waals surface area contributed by atoms with E-state index in [-0.39, 0.29) is 18.6 Å². The zero-order valence-electron chi connectivity index (χ0n) is 9.75. The minimum absolute atomic E-state index is 0.0864. The summed E-state index contributed by atoms with van der Waals surface area (Å²) in [6, 6.07) is 4.45. The minimum Gasteiger partial charge on any atom is -0.493 e. The van der Waals surface area contributed by atoms with Crippen molar-refractivity contribution in [3.05, 3.63) is 29.3 Å². The number of rotatable bonds is 5. The van der Waals surface area contributed by atoms with Crippen molar-refractivity contribution >= 4 is 5.97 Å². The van der Waals surface area contributed by atoms with Gasteiger partial charge in [0.25, 0.3) is 0 Å². The van der Waals surface area contributed by atoms with E-state index in [4.69, 9.17) is 9.84 Å². The highest BCUT2D eigenvalue weighted by molar-refractivity contribution is 5.90. The van der Waals surface area contributed by atoms with Crippen LogP contribution in [-0.4, -0.2) is 23.9 Å². The van der Waals surface area contributed by atoms with Gasteiger partial charge in [0.1, 0.15) is 5.75 Å². The number of ether oxygens (including phenoxy) is 1. The maximum absolute atomic E-state index is 11.9. The normalized spacial score (nSPS) is 11.3. The molecule has 0 bridgehead atoms. The van der Waals surface area contributed by atoms with Crippen LogP contribution in [0.2, 0.25) is 0 Å². The molecule has 0 spiro atoms. The number of hydrogen-bond donors (Lipinski definition) is 1. The van der Waals surface area contributed by atoms with Crippen LogP contribution in [0.3, 0.4) is 0 Å². The van der Waals surface area contributed by atoms with Gasteiger partial charge in [-0.15, -0.1) is 0 Å². The largest absolute Gasteiger partial charge is 0.493 e. The molecule has 18 heavy (non-hydrogen) atoms. The van der Waals surface area contributed by atoms with Gasteiger partial charge in [0.2, 0.25) is 0 Å². The molecule has 0 amide bonds. The number of benzene rings is 1. The van der Waals surface area contributed by atoms with E-state index in [2.05, 4.69) is 0 Å². The van der Waals surface area contributed by atoms with Gasteiger partial charge < -0.3 is 9.84 Å². The second-order valence-corrected chi connectivity index (χ2v) is 3.80. The van der Waals surface area contributed by atoms with Crippen molar-refractivity contribution in [2.24, 2.45) is 0 Å². The average molecular weight is 262 g/mol. The summed E-state index contributed by atoms with van der Waals surface area (Å²) in [5, 5.41) is 8.86. The van der Waals surface area contributed by atoms with Crippen LogP contribution in [0.15, 0.2) is 18.2 Å². The molecular weight excluding hydrogens is 249 g/mol. The Balaban J connectivity index is 2.58. The number of carboxylic acid groups (broad SMARTS) is 1. The van der Waals surface area contributed by atoms with Gasteiger partial charge in [0.15, 0.2) is 0 Å². The van der Waals surface area contributed by atoms with Gasteiger partial charge in [-0.1, -0.05) is 6.07 Å². The van der Waals surface area contributed by atoms with E-state index in [0.29, 0.717) is 11.3 Å². The lowest BCUT2D eigenvalue weighted by atomic mass is 10.1. The lowest BCUT2D eigenvalue weighted by molar-refractivity contribution is -0.136. The van der Waals surface area contributed by atoms with Gasteiger partial charge in [-0.3, -0.25) is 0 Å². The molecule has 0 heterocycles. The smallest absolute Gasteiger partial charge is 0.389 e. The van der Waals surface area contributed by atoms with E-state index in [1.807, 2.05) is 0 Å². The van der Waals surface area contributed by atoms with Crippen molar-refractivity contribution in [2.75, 3.05) is 6.61 Å². The summed E-state index contributed by atoms with van der Waals surface area (Å²) in [5.41, 5.74) is 0.500. The molecule has 1 aromatic rings. The third kappa shape index (κ3) is 4.27. The monoisotopic (exact) mass is 262 g/mol. The number of hydrogen-bond acceptors (Lipinski definition) is 2. The van der Waals surface area contributed by atoms with Crippen LogP contribution in [-0.2, 0) is 0 Å². The fourth-order valence-electron chi connectivity index (χ4n) is 1.46. The minimum atomic E-state index is -4.19. The molecule has 0 saturated carbocycles. The summed E-state index contributed by atoms with van der Waals surface area (Å²) in [6.07, 6.45) is -5.26. The predicted molar refractivity (Wildman–Crippen MR) is 58.9 cm³/mol. The SMILES string of the molecule is Cc1c(OCCCC(F)(F)F)cccc1C(=O)O. The van der Waals surface area contributed by atoms with Crippen molar-refractivity contribution in [2.45, 2.75) is 25.9 Å². The van der Waals surface area contributed by atoms with Gasteiger partial charge in [-0.05, 0) is 25.5 Å². The van der Waals surface area contributed by atoms with Crippen LogP contribution in [0.5, 0.6) is 5.75 Å². The average Bonchev–Trinajstić information content (AvgIpc) is 2.24. The Labute approximate surface area is 102 Å². The fourth-order valence-corrected chi connectivity index (χ4v) is 1.46. The maximum atomic E-state index is 11.9. The first-order valence-corrected chi connectivity index (χ1v) is 5.34. The molecule has 0 unspecified atom stereocenters. The van der Waals surface area contributed by atoms with Gasteiger partial charge in [0, 0.05) is 12.0 Å². The van der Waals surface area contributed by atoms with E-state index in [1.165, 1.54) is 18.2 Å². The Kier molecular flexibility index (Phi) is 4.58. The molecule has 0 radical (unpaired) electrons. The van der Waals surface area contributed by atoms with Crippen molar-refractivity contribution in [3.63, 3.8) is 0 Å². The van der Waals surface area contributed by atoms with E-state index in [9.17, 15) is 18.0 Å². The summed E-state index contributed by atoms with van der Waals surface area (Å²) in [4.78, 5) is 10.8. The molecule has 0 atom stereocenters. The Morgan fingerprint density at radius 3 is 2.61 bits per heavy atom. The molecule has 0 aliphatic heterocycles. The second kappa shape index (κ2) is 5.75. The summed E-state index contributed by atoms with van der Waals surface area (Å²) in [7, 11) is 0. The highest BCUT2D eigenvalue weighted by Gasteiger charge is 2.26. The Morgan fingerprint density at radius 2 is 2.06 bits per heavy atom. The van der Waals surface area contributed by atoms with Crippen LogP contribution >= 0.6 is 0 Å². The maximum Gasteiger partial charge on any atom is 0.389 e. The molecule has 0 aliphatic carbocycles. The predicted octanol–water partition coefficient (Wildman–Crippen LogP) is 3.41. The topological polar surface area (TPSA) is 46.5 Å². The number of alkyl halides is 3. The third-order valence-electron chi connectivity index (χ3n) is 2.38. The number of aromatic carboxylic acids is 1. The van der Waals surface area contributed by atoms with Gasteiger partial charge >= 0.3 is 12.1 Å². The lowest BCUT2D eigenvalue weighted by Crippen LogP contribution is -2.10. The zero-order chi connectivity index (χ0) is 13.8. The van der Waals surface area contributed by atoms with Crippen LogP contribution in [0.25, 0.3) is 0 Å². The summed E-state index contributed by atoms with van der Waals surface area (Å²) < 4.78 is 40.9. The summed E-state index contributed by atoms with van der Waals surface area (Å²) in [6.45, 7) is 1.46. The van der Waals surface area contributed by atoms with Crippen molar-refractivity contribution < 1.29 is 27.8 Å². The van der Waals surface area contributed by atoms with Gasteiger partial charge in [-0.25, -0.2) is 4.79 Å². The molecular formula is C12H13F3O3. The second-order valence-electron chi connectivity index (χ2n) is 3.80. The molecule has 100 valence electrons. The highest BCUT2D eigenvalue weighted by atomic mass is 19.4. The van der Waals surface area contributed by atoms with Gasteiger partial charge in [-0.2, -0.15) is 13.2 Å². The Hall–Kier alpha value is -1.72. The molecule has 6 heteroatoms. The zero-order valence-corrected chi connectivity index (χ0v) is 9.75. The van der Waals surface area contributed by atoms with Crippen molar-refractivity contribution in [1.29, 1.82) is 0 Å². The van der Waals surface area contributed by atoms with Crippen LogP contribution in [0, 0.1) is 6.92 Å². The van der Waals surface area contributed by atoms with E-state index in [0.717, 1.165) is 0 Å². The van der Waals surface area contributed by atoms with Crippen molar-refractivity contribution in [3.8, 4) is 5.75 Å². The number of halogens is 3. The molecule has 1 N–H and O–H groups in total.